The van der Waals surface area contributed by atoms with E-state index in [1.807, 2.05) is 126 Å². The molecule has 3 aliphatic carbocycles. The molecule has 8 aromatic rings. The molecule has 15 nitrogen and oxygen atoms in total. The molecule has 3 amide bonds. The zero-order chi connectivity index (χ0) is 54.4. The number of benzene rings is 8. The molecule has 0 aromatic heterocycles. The maximum absolute atomic E-state index is 15.3. The Morgan fingerprint density at radius 1 is 0.595 bits per heavy atom. The number of Topliss-reactive ketones (excluding diaryl/α,β-unsaturated/α-hetero) is 1. The molecule has 13 rings (SSSR count). The van der Waals surface area contributed by atoms with E-state index in [1.54, 1.807) is 0 Å². The number of carbonyl (C=O) groups is 4. The van der Waals surface area contributed by atoms with Crippen LogP contribution in [0.5, 0.6) is 11.5 Å². The molecular weight excluding hydrogens is 1020 g/mol. The van der Waals surface area contributed by atoms with Crippen LogP contribution in [-0.4, -0.2) is 56.5 Å². The molecule has 0 saturated heterocycles. The maximum Gasteiger partial charge on any atom is 0.233 e. The minimum atomic E-state index is -3.64. The van der Waals surface area contributed by atoms with E-state index in [9.17, 15) is 27.9 Å². The number of ether oxygens (including phenoxy) is 2. The zero-order valence-corrected chi connectivity index (χ0v) is 43.9. The highest BCUT2D eigenvalue weighted by atomic mass is 32.2. The van der Waals surface area contributed by atoms with E-state index in [1.165, 1.54) is 6.92 Å². The second kappa shape index (κ2) is 18.7. The first kappa shape index (κ1) is 49.3. The highest BCUT2D eigenvalue weighted by Crippen LogP contribution is 2.56. The lowest BCUT2D eigenvalue weighted by atomic mass is 9.79. The Balaban J connectivity index is 0.888. The number of carbonyl (C=O) groups excluding carboxylic acids is 4. The van der Waals surface area contributed by atoms with Gasteiger partial charge in [-0.25, -0.2) is 13.4 Å². The van der Waals surface area contributed by atoms with Gasteiger partial charge in [0.2, 0.25) is 33.5 Å². The van der Waals surface area contributed by atoms with Gasteiger partial charge in [-0.05, 0) is 95.1 Å². The summed E-state index contributed by atoms with van der Waals surface area (Å²) in [5, 5.41) is 31.1. The van der Waals surface area contributed by atoms with Crippen LogP contribution in [-0.2, 0) is 40.5 Å². The Hall–Kier alpha value is -9.28. The number of unbranched alkanes of at least 4 members (excludes halogenated alkanes) is 2. The highest BCUT2D eigenvalue weighted by molar-refractivity contribution is 7.89. The number of nitrogens with one attached hydrogen (secondary N) is 5. The van der Waals surface area contributed by atoms with Gasteiger partial charge in [-0.2, -0.15) is 0 Å². The topological polar surface area (TPSA) is 214 Å². The number of rotatable bonds is 14. The SMILES string of the molecule is CC(=O)NC(=O)CCCCOc1ccc2c(c1)C1(N=c3c(=C4C(=O)C(c5ccc6cccc7c6c5NC5(N7)c6ccccc6-c6ccc(OCCCCC(=O)NS(C)(=O)=O)cc65)=C4O)ccc4cccc(c34)N1)c1ccccc1-2. The Labute approximate surface area is 454 Å². The van der Waals surface area contributed by atoms with Crippen molar-refractivity contribution in [1.29, 1.82) is 0 Å². The van der Waals surface area contributed by atoms with Gasteiger partial charge in [0.15, 0.2) is 11.3 Å². The van der Waals surface area contributed by atoms with Crippen molar-refractivity contribution in [3.05, 3.63) is 190 Å². The van der Waals surface area contributed by atoms with Crippen LogP contribution in [0.4, 0.5) is 17.1 Å². The molecule has 2 aliphatic heterocycles. The summed E-state index contributed by atoms with van der Waals surface area (Å²) < 4.78 is 37.6. The number of ketones is 1. The molecular formula is C63H52N6O9S. The van der Waals surface area contributed by atoms with Gasteiger partial charge >= 0.3 is 0 Å². The molecule has 5 aliphatic rings. The van der Waals surface area contributed by atoms with Crippen molar-refractivity contribution in [3.8, 4) is 33.8 Å². The number of aliphatic hydroxyl groups excluding tert-OH is 1. The van der Waals surface area contributed by atoms with Crippen LogP contribution < -0.4 is 46.0 Å². The van der Waals surface area contributed by atoms with Crippen LogP contribution in [0.1, 0.15) is 73.3 Å². The van der Waals surface area contributed by atoms with E-state index in [0.29, 0.717) is 72.2 Å². The second-order valence-electron chi connectivity index (χ2n) is 20.7. The molecule has 0 bridgehead atoms. The Kier molecular flexibility index (Phi) is 11.7. The number of anilines is 3. The molecule has 6 N–H and O–H groups in total. The minimum Gasteiger partial charge on any atom is -0.506 e. The predicted octanol–water partition coefficient (Wildman–Crippen LogP) is 9.18. The molecule has 2 unspecified atom stereocenters. The van der Waals surface area contributed by atoms with Crippen molar-refractivity contribution in [2.75, 3.05) is 35.4 Å². The van der Waals surface area contributed by atoms with Crippen LogP contribution in [0.25, 0.3) is 54.9 Å². The number of hydrogen-bond acceptors (Lipinski definition) is 13. The van der Waals surface area contributed by atoms with Crippen LogP contribution in [0.3, 0.4) is 0 Å². The van der Waals surface area contributed by atoms with Crippen molar-refractivity contribution >= 4 is 83.3 Å². The lowest BCUT2D eigenvalue weighted by Gasteiger charge is -2.41. The van der Waals surface area contributed by atoms with E-state index in [-0.39, 0.29) is 47.3 Å². The summed E-state index contributed by atoms with van der Waals surface area (Å²) >= 11 is 0. The van der Waals surface area contributed by atoms with Crippen molar-refractivity contribution in [1.82, 2.24) is 10.0 Å². The van der Waals surface area contributed by atoms with E-state index >= 15 is 4.79 Å². The largest absolute Gasteiger partial charge is 0.506 e. The first-order chi connectivity index (χ1) is 38.2. The standard InChI is InChI=1S/C63H52N6O9S/c1-35(70)64-52(71)21-7-9-31-77-38-25-29-42-40-15-3-5-17-46(40)62(48(42)33-38)65-50-19-11-13-36-23-27-44(58(67-62)54(36)50)56-60(73)57(61(56)74)45-28-24-37-14-12-20-51-55(37)59(45)68-63(66-51)47-18-6-4-16-41(47)43-30-26-39(34-49(43)63)78-32-10-8-22-53(72)69-79(2,75)76/h3-6,11-20,23-30,33-34,65-66,68,73H,7-10,21-22,31-32H2,1-2H3,(H,69,72)(H,64,70,71). The number of fused-ring (bicyclic) bond motifs is 10. The summed E-state index contributed by atoms with van der Waals surface area (Å²) in [4.78, 5) is 56.5. The fourth-order valence-corrected chi connectivity index (χ4v) is 12.7. The van der Waals surface area contributed by atoms with Crippen LogP contribution in [0.15, 0.2) is 156 Å². The number of imide groups is 1. The van der Waals surface area contributed by atoms with Crippen LogP contribution in [0.2, 0.25) is 0 Å². The van der Waals surface area contributed by atoms with Crippen molar-refractivity contribution in [2.24, 2.45) is 4.99 Å². The van der Waals surface area contributed by atoms with Gasteiger partial charge in [0.1, 0.15) is 17.3 Å². The quantitative estimate of drug-likeness (QED) is 0.0563. The minimum absolute atomic E-state index is 0.0478. The second-order valence-corrected chi connectivity index (χ2v) is 22.4. The van der Waals surface area contributed by atoms with Crippen molar-refractivity contribution < 1.29 is 42.2 Å². The normalized spacial score (nSPS) is 18.3. The number of sulfonamides is 1. The molecule has 0 fully saturated rings. The summed E-state index contributed by atoms with van der Waals surface area (Å²) in [7, 11) is -3.64. The van der Waals surface area contributed by atoms with Crippen LogP contribution in [0, 0.1) is 0 Å². The van der Waals surface area contributed by atoms with E-state index in [2.05, 4.69) is 45.5 Å². The zero-order valence-electron chi connectivity index (χ0n) is 43.1. The van der Waals surface area contributed by atoms with Gasteiger partial charge in [0.25, 0.3) is 0 Å². The number of hydrogen-bond donors (Lipinski definition) is 6. The third-order valence-corrected chi connectivity index (χ3v) is 16.1. The average molecular weight is 1070 g/mol. The molecule has 2 spiro atoms. The summed E-state index contributed by atoms with van der Waals surface area (Å²) in [6.45, 7) is 1.96. The van der Waals surface area contributed by atoms with Gasteiger partial charge in [-0.15, -0.1) is 0 Å². The molecule has 394 valence electrons. The van der Waals surface area contributed by atoms with Crippen molar-refractivity contribution in [2.45, 2.75) is 56.8 Å². The first-order valence-electron chi connectivity index (χ1n) is 26.3. The third kappa shape index (κ3) is 8.15. The molecule has 0 saturated carbocycles. The first-order valence-corrected chi connectivity index (χ1v) is 28.2. The molecule has 2 atom stereocenters. The van der Waals surface area contributed by atoms with Gasteiger partial charge < -0.3 is 30.5 Å². The van der Waals surface area contributed by atoms with Gasteiger partial charge in [-0.3, -0.25) is 29.2 Å². The molecule has 16 heteroatoms. The Morgan fingerprint density at radius 2 is 1.18 bits per heavy atom. The monoisotopic (exact) mass is 1070 g/mol. The number of aliphatic hydroxyl groups is 1. The number of amides is 3. The van der Waals surface area contributed by atoms with Gasteiger partial charge in [-0.1, -0.05) is 109 Å². The fourth-order valence-electron chi connectivity index (χ4n) is 12.2. The van der Waals surface area contributed by atoms with Crippen molar-refractivity contribution in [3.63, 3.8) is 0 Å². The summed E-state index contributed by atoms with van der Waals surface area (Å²) in [6, 6.07) is 47.9. The Morgan fingerprint density at radius 3 is 1.86 bits per heavy atom. The summed E-state index contributed by atoms with van der Waals surface area (Å²) in [6.07, 6.45) is 3.31. The van der Waals surface area contributed by atoms with Gasteiger partial charge in [0.05, 0.1) is 41.7 Å². The average Bonchev–Trinajstić information content (AvgIpc) is 4.12. The molecule has 0 radical (unpaired) electrons. The lowest BCUT2D eigenvalue weighted by molar-refractivity contribution is -0.129. The smallest absolute Gasteiger partial charge is 0.233 e. The molecule has 8 aromatic carbocycles. The van der Waals surface area contributed by atoms with E-state index < -0.39 is 27.3 Å². The fraction of sp³-hybridized carbons (Fsp3) is 0.190. The maximum atomic E-state index is 15.3. The number of allylic oxidation sites excluding steroid dienone is 2. The lowest BCUT2D eigenvalue weighted by Crippen LogP contribution is -2.45. The number of nitrogens with zero attached hydrogens (tertiary/aromatic N) is 1. The van der Waals surface area contributed by atoms with Gasteiger partial charge in [0, 0.05) is 74.9 Å². The highest BCUT2D eigenvalue weighted by Gasteiger charge is 2.49. The van der Waals surface area contributed by atoms with Crippen LogP contribution >= 0.6 is 0 Å². The summed E-state index contributed by atoms with van der Waals surface area (Å²) in [5.41, 5.74) is 8.59. The molecule has 2 heterocycles. The van der Waals surface area contributed by atoms with E-state index in [0.717, 1.165) is 83.7 Å². The Bertz CT molecular complexity index is 4310. The predicted molar refractivity (Wildman–Crippen MR) is 303 cm³/mol. The van der Waals surface area contributed by atoms with E-state index in [4.69, 9.17) is 14.5 Å². The summed E-state index contributed by atoms with van der Waals surface area (Å²) in [5.74, 6) is -0.494. The molecule has 79 heavy (non-hydrogen) atoms. The third-order valence-electron chi connectivity index (χ3n) is 15.5.